The van der Waals surface area contributed by atoms with Crippen LogP contribution in [0, 0.1) is 0 Å². The van der Waals surface area contributed by atoms with E-state index in [1.165, 1.54) is 38.5 Å². The molecule has 28 heavy (non-hydrogen) atoms. The van der Waals surface area contributed by atoms with E-state index in [0.717, 1.165) is 56.0 Å². The molecule has 0 atom stereocenters. The molecule has 1 aliphatic rings. The van der Waals surface area contributed by atoms with E-state index in [2.05, 4.69) is 18.7 Å². The second-order valence-corrected chi connectivity index (χ2v) is 7.77. The average Bonchev–Trinajstić information content (AvgIpc) is 2.74. The molecular formula is C24H39NO3. The minimum atomic E-state index is 0.238. The van der Waals surface area contributed by atoms with Gasteiger partial charge in [0.2, 0.25) is 0 Å². The lowest BCUT2D eigenvalue weighted by Crippen LogP contribution is -2.31. The van der Waals surface area contributed by atoms with Crippen LogP contribution in [-0.2, 0) is 11.2 Å². The molecule has 0 radical (unpaired) electrons. The number of ether oxygens (including phenoxy) is 2. The van der Waals surface area contributed by atoms with Gasteiger partial charge in [0.15, 0.2) is 5.78 Å². The first-order chi connectivity index (χ1) is 13.7. The van der Waals surface area contributed by atoms with Gasteiger partial charge < -0.3 is 14.4 Å². The standard InChI is InChI=1S/C24H39NO3/c1-3-5-6-10-17-27-18-19-28-24-12-11-22(20-21(24)4-2)23(26)13-16-25-14-8-7-9-15-25/h11-12,20H,3-10,13-19H2,1-2H3. The molecule has 0 spiro atoms. The summed E-state index contributed by atoms with van der Waals surface area (Å²) < 4.78 is 11.5. The predicted octanol–water partition coefficient (Wildman–Crippen LogP) is 5.28. The Labute approximate surface area is 171 Å². The van der Waals surface area contributed by atoms with Crippen LogP contribution < -0.4 is 4.74 Å². The van der Waals surface area contributed by atoms with Crippen molar-refractivity contribution in [3.05, 3.63) is 29.3 Å². The lowest BCUT2D eigenvalue weighted by molar-refractivity contribution is 0.0954. The number of likely N-dealkylation sites (tertiary alicyclic amines) is 1. The van der Waals surface area contributed by atoms with Gasteiger partial charge >= 0.3 is 0 Å². The molecule has 4 nitrogen and oxygen atoms in total. The number of nitrogens with zero attached hydrogens (tertiary/aromatic N) is 1. The Hall–Kier alpha value is -1.39. The summed E-state index contributed by atoms with van der Waals surface area (Å²) in [5.41, 5.74) is 1.92. The molecule has 1 heterocycles. The van der Waals surface area contributed by atoms with E-state index in [-0.39, 0.29) is 5.78 Å². The molecule has 1 aromatic carbocycles. The van der Waals surface area contributed by atoms with Crippen molar-refractivity contribution in [1.29, 1.82) is 0 Å². The van der Waals surface area contributed by atoms with Crippen molar-refractivity contribution >= 4 is 5.78 Å². The van der Waals surface area contributed by atoms with Crippen LogP contribution in [0.3, 0.4) is 0 Å². The topological polar surface area (TPSA) is 38.8 Å². The molecule has 1 saturated heterocycles. The molecule has 0 saturated carbocycles. The molecule has 0 aromatic heterocycles. The highest BCUT2D eigenvalue weighted by Crippen LogP contribution is 2.22. The second-order valence-electron chi connectivity index (χ2n) is 7.77. The summed E-state index contributed by atoms with van der Waals surface area (Å²) in [6.07, 6.45) is 10.2. The summed E-state index contributed by atoms with van der Waals surface area (Å²) in [6, 6.07) is 5.88. The maximum atomic E-state index is 12.6. The third-order valence-corrected chi connectivity index (χ3v) is 5.49. The number of ketones is 1. The molecule has 1 fully saturated rings. The van der Waals surface area contributed by atoms with Crippen molar-refractivity contribution < 1.29 is 14.3 Å². The van der Waals surface area contributed by atoms with Gasteiger partial charge in [-0.2, -0.15) is 0 Å². The first-order valence-electron chi connectivity index (χ1n) is 11.3. The molecular weight excluding hydrogens is 350 g/mol. The third kappa shape index (κ3) is 8.32. The van der Waals surface area contributed by atoms with E-state index in [1.54, 1.807) is 0 Å². The minimum absolute atomic E-state index is 0.238. The summed E-state index contributed by atoms with van der Waals surface area (Å²) in [4.78, 5) is 15.0. The molecule has 0 bridgehead atoms. The van der Waals surface area contributed by atoms with Crippen molar-refractivity contribution in [2.24, 2.45) is 0 Å². The van der Waals surface area contributed by atoms with Crippen molar-refractivity contribution in [3.8, 4) is 5.75 Å². The van der Waals surface area contributed by atoms with E-state index < -0.39 is 0 Å². The number of Topliss-reactive ketones (excluding diaryl/α,β-unsaturated/α-hetero) is 1. The normalized spacial score (nSPS) is 14.9. The highest BCUT2D eigenvalue weighted by molar-refractivity contribution is 5.96. The molecule has 2 rings (SSSR count). The number of rotatable bonds is 14. The van der Waals surface area contributed by atoms with E-state index in [0.29, 0.717) is 19.6 Å². The fourth-order valence-electron chi connectivity index (χ4n) is 3.70. The average molecular weight is 390 g/mol. The van der Waals surface area contributed by atoms with Gasteiger partial charge in [-0.05, 0) is 62.5 Å². The lowest BCUT2D eigenvalue weighted by Gasteiger charge is -2.26. The highest BCUT2D eigenvalue weighted by Gasteiger charge is 2.14. The van der Waals surface area contributed by atoms with Crippen molar-refractivity contribution in [2.75, 3.05) is 39.5 Å². The van der Waals surface area contributed by atoms with Crippen LogP contribution in [-0.4, -0.2) is 50.1 Å². The molecule has 1 aromatic rings. The summed E-state index contributed by atoms with van der Waals surface area (Å²) in [5.74, 6) is 1.12. The summed E-state index contributed by atoms with van der Waals surface area (Å²) in [6.45, 7) is 9.47. The van der Waals surface area contributed by atoms with E-state index in [4.69, 9.17) is 9.47 Å². The zero-order chi connectivity index (χ0) is 20.0. The second kappa shape index (κ2) is 13.7. The van der Waals surface area contributed by atoms with Crippen LogP contribution in [0.1, 0.15) is 81.1 Å². The lowest BCUT2D eigenvalue weighted by atomic mass is 10.0. The maximum Gasteiger partial charge on any atom is 0.164 e. The fourth-order valence-corrected chi connectivity index (χ4v) is 3.70. The van der Waals surface area contributed by atoms with Gasteiger partial charge in [0.1, 0.15) is 12.4 Å². The van der Waals surface area contributed by atoms with E-state index in [1.807, 2.05) is 18.2 Å². The molecule has 0 unspecified atom stereocenters. The number of aryl methyl sites for hydroxylation is 1. The van der Waals surface area contributed by atoms with E-state index in [9.17, 15) is 4.79 Å². The minimum Gasteiger partial charge on any atom is -0.491 e. The Morgan fingerprint density at radius 1 is 1.00 bits per heavy atom. The molecule has 0 amide bonds. The summed E-state index contributed by atoms with van der Waals surface area (Å²) >= 11 is 0. The van der Waals surface area contributed by atoms with Crippen LogP contribution >= 0.6 is 0 Å². The number of benzene rings is 1. The number of piperidine rings is 1. The van der Waals surface area contributed by atoms with Crippen LogP contribution in [0.4, 0.5) is 0 Å². The van der Waals surface area contributed by atoms with Gasteiger partial charge in [-0.3, -0.25) is 4.79 Å². The first-order valence-corrected chi connectivity index (χ1v) is 11.3. The molecule has 0 aliphatic carbocycles. The van der Waals surface area contributed by atoms with Gasteiger partial charge in [-0.25, -0.2) is 0 Å². The maximum absolute atomic E-state index is 12.6. The monoisotopic (exact) mass is 389 g/mol. The summed E-state index contributed by atoms with van der Waals surface area (Å²) in [5, 5.41) is 0. The molecule has 4 heteroatoms. The Morgan fingerprint density at radius 3 is 2.57 bits per heavy atom. The fraction of sp³-hybridized carbons (Fsp3) is 0.708. The van der Waals surface area contributed by atoms with Crippen LogP contribution in [0.15, 0.2) is 18.2 Å². The van der Waals surface area contributed by atoms with Crippen LogP contribution in [0.5, 0.6) is 5.75 Å². The van der Waals surface area contributed by atoms with Crippen molar-refractivity contribution in [2.45, 2.75) is 71.6 Å². The number of carbonyl (C=O) groups is 1. The Kier molecular flexibility index (Phi) is 11.2. The zero-order valence-electron chi connectivity index (χ0n) is 18.0. The largest absolute Gasteiger partial charge is 0.491 e. The van der Waals surface area contributed by atoms with Crippen LogP contribution in [0.25, 0.3) is 0 Å². The third-order valence-electron chi connectivity index (χ3n) is 5.49. The number of hydrogen-bond acceptors (Lipinski definition) is 4. The quantitative estimate of drug-likeness (QED) is 0.320. The zero-order valence-corrected chi connectivity index (χ0v) is 18.0. The van der Waals surface area contributed by atoms with Gasteiger partial charge in [-0.1, -0.05) is 39.5 Å². The Bertz CT molecular complexity index is 567. The Morgan fingerprint density at radius 2 is 1.82 bits per heavy atom. The Balaban J connectivity index is 1.73. The number of unbranched alkanes of at least 4 members (excludes halogenated alkanes) is 3. The van der Waals surface area contributed by atoms with Crippen molar-refractivity contribution in [1.82, 2.24) is 4.90 Å². The first kappa shape index (κ1) is 22.9. The smallest absolute Gasteiger partial charge is 0.164 e. The van der Waals surface area contributed by atoms with Gasteiger partial charge in [0, 0.05) is 25.1 Å². The highest BCUT2D eigenvalue weighted by atomic mass is 16.5. The van der Waals surface area contributed by atoms with Gasteiger partial charge in [0.05, 0.1) is 6.61 Å². The molecule has 158 valence electrons. The predicted molar refractivity (Wildman–Crippen MR) is 116 cm³/mol. The van der Waals surface area contributed by atoms with E-state index >= 15 is 0 Å². The number of hydrogen-bond donors (Lipinski definition) is 0. The van der Waals surface area contributed by atoms with Gasteiger partial charge in [-0.15, -0.1) is 0 Å². The summed E-state index contributed by atoms with van der Waals surface area (Å²) in [7, 11) is 0. The van der Waals surface area contributed by atoms with Crippen LogP contribution in [0.2, 0.25) is 0 Å². The number of carbonyl (C=O) groups excluding carboxylic acids is 1. The SMILES string of the molecule is CCCCCCOCCOc1ccc(C(=O)CCN2CCCCC2)cc1CC. The molecule has 0 N–H and O–H groups in total. The molecule has 1 aliphatic heterocycles. The van der Waals surface area contributed by atoms with Gasteiger partial charge in [0.25, 0.3) is 0 Å². The van der Waals surface area contributed by atoms with Crippen molar-refractivity contribution in [3.63, 3.8) is 0 Å².